The topological polar surface area (TPSA) is 132 Å². The van der Waals surface area contributed by atoms with Crippen LogP contribution in [0.15, 0.2) is 85.2 Å². The number of amides is 1. The molecule has 1 amide bonds. The SMILES string of the molecule is O=C(O)c1ccc(F)c(Cl)c1.O=C(c1ccc(F)c(Cl)c1)N1CC[C@]2(c3ccccn3)OCO[C@@H]2C1.c1ccc([C@]23CCNC[C@H]2OCO3)nc1. The first kappa shape index (κ1) is 36.7. The number of hydrogen-bond acceptors (Lipinski definition) is 9. The third-order valence-electron chi connectivity index (χ3n) is 9.17. The number of halogens is 4. The van der Waals surface area contributed by atoms with Crippen molar-refractivity contribution in [1.29, 1.82) is 0 Å². The Morgan fingerprint density at radius 2 is 1.37 bits per heavy atom. The number of piperidine rings is 2. The number of likely N-dealkylation sites (tertiary alicyclic amines) is 1. The molecule has 4 fully saturated rings. The Bertz CT molecular complexity index is 1850. The molecule has 2 N–H and O–H groups in total. The molecule has 0 spiro atoms. The average molecular weight is 744 g/mol. The Morgan fingerprint density at radius 3 is 1.94 bits per heavy atom. The Morgan fingerprint density at radius 1 is 0.804 bits per heavy atom. The van der Waals surface area contributed by atoms with Crippen LogP contribution >= 0.6 is 23.2 Å². The first-order valence-corrected chi connectivity index (χ1v) is 16.9. The number of carbonyl (C=O) groups is 2. The van der Waals surface area contributed by atoms with Gasteiger partial charge in [-0.05, 0) is 73.6 Å². The second kappa shape index (κ2) is 16.1. The lowest BCUT2D eigenvalue weighted by Gasteiger charge is -2.41. The van der Waals surface area contributed by atoms with Crippen LogP contribution in [0.1, 0.15) is 44.9 Å². The van der Waals surface area contributed by atoms with Crippen molar-refractivity contribution in [2.75, 3.05) is 39.8 Å². The number of nitrogens with one attached hydrogen (secondary N) is 1. The van der Waals surface area contributed by atoms with E-state index in [2.05, 4.69) is 15.3 Å². The van der Waals surface area contributed by atoms with Crippen LogP contribution in [-0.2, 0) is 30.1 Å². The summed E-state index contributed by atoms with van der Waals surface area (Å²) < 4.78 is 48.8. The molecule has 4 aromatic rings. The molecule has 4 aliphatic rings. The van der Waals surface area contributed by atoms with Crippen molar-refractivity contribution in [2.24, 2.45) is 0 Å². The third-order valence-corrected chi connectivity index (χ3v) is 9.75. The summed E-state index contributed by atoms with van der Waals surface area (Å²) in [4.78, 5) is 33.5. The van der Waals surface area contributed by atoms with Gasteiger partial charge in [-0.1, -0.05) is 35.3 Å². The summed E-state index contributed by atoms with van der Waals surface area (Å²) in [7, 11) is 0. The van der Waals surface area contributed by atoms with Gasteiger partial charge in [0, 0.05) is 37.5 Å². The minimum absolute atomic E-state index is 0.0172. The summed E-state index contributed by atoms with van der Waals surface area (Å²) in [6, 6.07) is 18.9. The minimum Gasteiger partial charge on any atom is -0.478 e. The molecule has 11 nitrogen and oxygen atoms in total. The van der Waals surface area contributed by atoms with Gasteiger partial charge in [-0.15, -0.1) is 0 Å². The maximum atomic E-state index is 13.3. The molecular weight excluding hydrogens is 709 g/mol. The summed E-state index contributed by atoms with van der Waals surface area (Å²) >= 11 is 11.1. The average Bonchev–Trinajstić information content (AvgIpc) is 3.81. The van der Waals surface area contributed by atoms with E-state index in [-0.39, 0.29) is 46.1 Å². The zero-order valence-electron chi connectivity index (χ0n) is 27.1. The standard InChI is InChI=1S/C18H16ClFN2O3.C11H14N2O2.C7H4ClFO2/c19-13-9-12(4-5-14(13)20)17(23)22-8-6-18(15-3-1-2-7-21-15)16(10-22)24-11-25-18;1-2-5-13-9(3-1)11-4-6-12-7-10(11)14-8-15-11;8-5-3-4(7(10)11)1-2-6(5)9/h1-5,7,9,16H,6,8,10-11H2;1-3,5,10,12H,4,6-8H2;1-3H,(H,10,11)/t16-,18-;10-,11-;/m11./s1. The van der Waals surface area contributed by atoms with Gasteiger partial charge in [-0.25, -0.2) is 13.6 Å². The van der Waals surface area contributed by atoms with E-state index in [9.17, 15) is 18.4 Å². The summed E-state index contributed by atoms with van der Waals surface area (Å²) in [6.07, 6.45) is 4.84. The fraction of sp³-hybridized carbons (Fsp3) is 0.333. The van der Waals surface area contributed by atoms with Crippen LogP contribution in [0.25, 0.3) is 0 Å². The molecule has 4 saturated heterocycles. The summed E-state index contributed by atoms with van der Waals surface area (Å²) in [5.74, 6) is -2.48. The number of fused-ring (bicyclic) bond motifs is 2. The number of rotatable bonds is 4. The largest absolute Gasteiger partial charge is 0.478 e. The van der Waals surface area contributed by atoms with Crippen LogP contribution in [0.5, 0.6) is 0 Å². The second-order valence-electron chi connectivity index (χ2n) is 12.1. The molecule has 0 radical (unpaired) electrons. The van der Waals surface area contributed by atoms with E-state index in [0.717, 1.165) is 49.1 Å². The van der Waals surface area contributed by atoms with Gasteiger partial charge in [-0.3, -0.25) is 14.8 Å². The number of carbonyl (C=O) groups excluding carboxylic acids is 1. The van der Waals surface area contributed by atoms with Gasteiger partial charge in [0.05, 0.1) is 33.5 Å². The first-order valence-electron chi connectivity index (χ1n) is 16.1. The van der Waals surface area contributed by atoms with Crippen molar-refractivity contribution >= 4 is 35.1 Å². The molecule has 0 unspecified atom stereocenters. The van der Waals surface area contributed by atoms with Crippen LogP contribution < -0.4 is 5.32 Å². The van der Waals surface area contributed by atoms with Crippen LogP contribution in [-0.4, -0.2) is 83.8 Å². The van der Waals surface area contributed by atoms with E-state index >= 15 is 0 Å². The Kier molecular flexibility index (Phi) is 11.6. The van der Waals surface area contributed by atoms with E-state index in [1.165, 1.54) is 18.2 Å². The molecule has 0 aliphatic carbocycles. The van der Waals surface area contributed by atoms with Crippen molar-refractivity contribution in [3.05, 3.63) is 129 Å². The monoisotopic (exact) mass is 742 g/mol. The molecule has 51 heavy (non-hydrogen) atoms. The van der Waals surface area contributed by atoms with Gasteiger partial charge in [0.15, 0.2) is 0 Å². The number of carboxylic acid groups (broad SMARTS) is 1. The van der Waals surface area contributed by atoms with Crippen molar-refractivity contribution < 1.29 is 42.4 Å². The molecule has 268 valence electrons. The van der Waals surface area contributed by atoms with E-state index in [1.54, 1.807) is 11.1 Å². The van der Waals surface area contributed by atoms with E-state index in [0.29, 0.717) is 31.9 Å². The van der Waals surface area contributed by atoms with Crippen LogP contribution in [0, 0.1) is 11.6 Å². The number of aromatic nitrogens is 2. The summed E-state index contributed by atoms with van der Waals surface area (Å²) in [6.45, 7) is 3.22. The zero-order valence-corrected chi connectivity index (χ0v) is 28.7. The number of aromatic carboxylic acids is 1. The fourth-order valence-electron chi connectivity index (χ4n) is 6.47. The Labute approximate surface area is 302 Å². The summed E-state index contributed by atoms with van der Waals surface area (Å²) in [5.41, 5.74) is 1.21. The van der Waals surface area contributed by atoms with Crippen LogP contribution in [0.4, 0.5) is 8.78 Å². The Hall–Kier alpha value is -4.08. The van der Waals surface area contributed by atoms with Crippen molar-refractivity contribution in [3.8, 4) is 0 Å². The number of ether oxygens (including phenoxy) is 4. The van der Waals surface area contributed by atoms with Gasteiger partial charge in [0.2, 0.25) is 0 Å². The molecule has 4 atom stereocenters. The lowest BCUT2D eigenvalue weighted by molar-refractivity contribution is -0.0470. The maximum absolute atomic E-state index is 13.3. The number of carboxylic acids is 1. The highest BCUT2D eigenvalue weighted by atomic mass is 35.5. The lowest BCUT2D eigenvalue weighted by atomic mass is 9.85. The number of nitrogens with zero attached hydrogens (tertiary/aromatic N) is 3. The van der Waals surface area contributed by atoms with Gasteiger partial charge < -0.3 is 34.3 Å². The molecule has 15 heteroatoms. The number of pyridine rings is 2. The molecule has 8 rings (SSSR count). The van der Waals surface area contributed by atoms with Gasteiger partial charge in [-0.2, -0.15) is 0 Å². The van der Waals surface area contributed by atoms with Crippen molar-refractivity contribution in [1.82, 2.24) is 20.2 Å². The summed E-state index contributed by atoms with van der Waals surface area (Å²) in [5, 5.41) is 11.5. The lowest BCUT2D eigenvalue weighted by Crippen LogP contribution is -2.53. The van der Waals surface area contributed by atoms with Gasteiger partial charge in [0.25, 0.3) is 5.91 Å². The van der Waals surface area contributed by atoms with Crippen LogP contribution in [0.3, 0.4) is 0 Å². The van der Waals surface area contributed by atoms with E-state index in [4.69, 9.17) is 47.3 Å². The Balaban J connectivity index is 0.000000146. The highest BCUT2D eigenvalue weighted by molar-refractivity contribution is 6.31. The van der Waals surface area contributed by atoms with E-state index < -0.39 is 23.2 Å². The molecule has 6 heterocycles. The predicted molar refractivity (Wildman–Crippen MR) is 181 cm³/mol. The third kappa shape index (κ3) is 7.90. The fourth-order valence-corrected chi connectivity index (χ4v) is 6.83. The highest BCUT2D eigenvalue weighted by Gasteiger charge is 2.52. The van der Waals surface area contributed by atoms with Crippen molar-refractivity contribution in [3.63, 3.8) is 0 Å². The molecule has 4 aliphatic heterocycles. The quantitative estimate of drug-likeness (QED) is 0.264. The second-order valence-corrected chi connectivity index (χ2v) is 12.9. The van der Waals surface area contributed by atoms with Gasteiger partial charge in [0.1, 0.15) is 48.6 Å². The normalized spacial score (nSPS) is 25.0. The first-order chi connectivity index (χ1) is 24.6. The van der Waals surface area contributed by atoms with Crippen LogP contribution in [0.2, 0.25) is 10.0 Å². The van der Waals surface area contributed by atoms with Gasteiger partial charge >= 0.3 is 5.97 Å². The van der Waals surface area contributed by atoms with Crippen molar-refractivity contribution in [2.45, 2.75) is 36.3 Å². The van der Waals surface area contributed by atoms with E-state index in [1.807, 2.05) is 42.6 Å². The molecule has 2 aromatic heterocycles. The minimum atomic E-state index is -1.12. The highest BCUT2D eigenvalue weighted by Crippen LogP contribution is 2.42. The molecular formula is C36H34Cl2F2N4O7. The zero-order chi connectivity index (χ0) is 36.0. The maximum Gasteiger partial charge on any atom is 0.335 e. The molecule has 0 saturated carbocycles. The predicted octanol–water partition coefficient (Wildman–Crippen LogP) is 5.81. The number of benzene rings is 2. The number of hydrogen-bond donors (Lipinski definition) is 2. The molecule has 0 bridgehead atoms. The smallest absolute Gasteiger partial charge is 0.335 e. The molecule has 2 aromatic carbocycles.